The van der Waals surface area contributed by atoms with Crippen molar-refractivity contribution in [1.82, 2.24) is 0 Å². The molecular weight excluding hydrogens is 480 g/mol. The van der Waals surface area contributed by atoms with Crippen LogP contribution in [0.3, 0.4) is 0 Å². The zero-order valence-corrected chi connectivity index (χ0v) is 24.8. The van der Waals surface area contributed by atoms with E-state index in [9.17, 15) is 14.4 Å². The van der Waals surface area contributed by atoms with Crippen LogP contribution < -0.4 is 0 Å². The van der Waals surface area contributed by atoms with Crippen molar-refractivity contribution >= 4 is 17.9 Å². The van der Waals surface area contributed by atoms with E-state index in [2.05, 4.69) is 34.6 Å². The van der Waals surface area contributed by atoms with Gasteiger partial charge in [-0.2, -0.15) is 0 Å². The number of esters is 3. The van der Waals surface area contributed by atoms with Gasteiger partial charge < -0.3 is 14.2 Å². The minimum absolute atomic E-state index is 0.0167. The van der Waals surface area contributed by atoms with Gasteiger partial charge in [-0.25, -0.2) is 4.79 Å². The van der Waals surface area contributed by atoms with Gasteiger partial charge in [0.1, 0.15) is 18.3 Å². The molecule has 3 unspecified atom stereocenters. The Hall–Kier alpha value is -1.85. The van der Waals surface area contributed by atoms with Crippen molar-refractivity contribution < 1.29 is 28.6 Å². The summed E-state index contributed by atoms with van der Waals surface area (Å²) >= 11 is 0. The van der Waals surface area contributed by atoms with Crippen LogP contribution in [0.2, 0.25) is 0 Å². The first kappa shape index (κ1) is 27.7. The molecule has 0 bridgehead atoms. The van der Waals surface area contributed by atoms with Crippen molar-refractivity contribution in [1.29, 1.82) is 0 Å². The number of hydrogen-bond donors (Lipinski definition) is 0. The second kappa shape index (κ2) is 9.09. The summed E-state index contributed by atoms with van der Waals surface area (Å²) in [7, 11) is 0. The monoisotopic (exact) mass is 528 g/mol. The maximum Gasteiger partial charge on any atom is 0.335 e. The van der Waals surface area contributed by atoms with E-state index in [1.807, 2.05) is 13.8 Å². The molecule has 0 saturated heterocycles. The molecule has 0 aromatic rings. The average Bonchev–Trinajstić information content (AvgIpc) is 3.15. The highest BCUT2D eigenvalue weighted by Gasteiger charge is 2.71. The molecule has 6 heteroatoms. The lowest BCUT2D eigenvalue weighted by molar-refractivity contribution is -0.243. The van der Waals surface area contributed by atoms with E-state index in [0.717, 1.165) is 62.5 Å². The van der Waals surface area contributed by atoms with E-state index in [-0.39, 0.29) is 58.4 Å². The van der Waals surface area contributed by atoms with Gasteiger partial charge in [0.25, 0.3) is 0 Å². The summed E-state index contributed by atoms with van der Waals surface area (Å²) in [5, 5.41) is 0. The van der Waals surface area contributed by atoms with Crippen LogP contribution in [0.15, 0.2) is 11.1 Å². The molecule has 0 spiro atoms. The maximum atomic E-state index is 13.3. The molecule has 10 atom stereocenters. The summed E-state index contributed by atoms with van der Waals surface area (Å²) < 4.78 is 18.0. The van der Waals surface area contributed by atoms with E-state index in [0.29, 0.717) is 18.3 Å². The smallest absolute Gasteiger partial charge is 0.335 e. The van der Waals surface area contributed by atoms with E-state index < -0.39 is 5.41 Å². The molecule has 3 fully saturated rings. The first-order valence-electron chi connectivity index (χ1n) is 15.1. The molecule has 6 nitrogen and oxygen atoms in total. The van der Waals surface area contributed by atoms with E-state index >= 15 is 0 Å². The van der Waals surface area contributed by atoms with Gasteiger partial charge in [0.15, 0.2) is 0 Å². The van der Waals surface area contributed by atoms with Crippen molar-refractivity contribution in [2.24, 2.45) is 39.4 Å². The summed E-state index contributed by atoms with van der Waals surface area (Å²) in [6, 6.07) is 0. The van der Waals surface area contributed by atoms with Gasteiger partial charge in [-0.15, -0.1) is 0 Å². The van der Waals surface area contributed by atoms with E-state index in [4.69, 9.17) is 14.2 Å². The van der Waals surface area contributed by atoms with Crippen LogP contribution in [0, 0.1) is 39.4 Å². The Morgan fingerprint density at radius 2 is 1.58 bits per heavy atom. The molecule has 5 rings (SSSR count). The van der Waals surface area contributed by atoms with Gasteiger partial charge in [0, 0.05) is 29.7 Å². The van der Waals surface area contributed by atoms with Gasteiger partial charge in [-0.1, -0.05) is 41.5 Å². The van der Waals surface area contributed by atoms with Crippen LogP contribution in [0.5, 0.6) is 0 Å². The lowest BCUT2D eigenvalue weighted by Gasteiger charge is -2.70. The van der Waals surface area contributed by atoms with Crippen molar-refractivity contribution in [3.8, 4) is 0 Å². The largest absolute Gasteiger partial charge is 0.462 e. The number of ether oxygens (including phenoxy) is 3. The summed E-state index contributed by atoms with van der Waals surface area (Å²) in [5.74, 6) is 0.398. The Morgan fingerprint density at radius 3 is 2.21 bits per heavy atom. The number of carbonyl (C=O) groups excluding carboxylic acids is 3. The average molecular weight is 529 g/mol. The van der Waals surface area contributed by atoms with Crippen LogP contribution in [0.4, 0.5) is 0 Å². The fourth-order valence-corrected chi connectivity index (χ4v) is 10.8. The summed E-state index contributed by atoms with van der Waals surface area (Å²) in [5.41, 5.74) is 1.33. The quantitative estimate of drug-likeness (QED) is 0.304. The summed E-state index contributed by atoms with van der Waals surface area (Å²) in [4.78, 5) is 38.1. The molecular formula is C32H48O6. The number of carbonyl (C=O) groups is 3. The lowest BCUT2D eigenvalue weighted by Crippen LogP contribution is -2.67. The molecule has 1 aliphatic heterocycles. The molecule has 1 heterocycles. The van der Waals surface area contributed by atoms with Crippen molar-refractivity contribution in [3.05, 3.63) is 11.1 Å². The SMILES string of the molecule is CCC(=O)O[C@@H]1CC[C@]2(C)C3C[C@H](OC(C)=O)[C@]4(C)C5=C(CCC4[C@]3(C)CCC2[C@@]1(C)CC)[C@H](C)OC5=O. The number of rotatable bonds is 4. The third-order valence-electron chi connectivity index (χ3n) is 12.6. The number of cyclic esters (lactones) is 1. The molecule has 4 aliphatic carbocycles. The maximum absolute atomic E-state index is 13.3. The van der Waals surface area contributed by atoms with Gasteiger partial charge in [0.05, 0.1) is 0 Å². The standard InChI is InChI=1S/C32H48O6/c1-9-26(34)38-24-14-16-30(6)21(29(24,5)10-2)13-15-31(7)22-12-11-20-18(3)36-28(35)27(20)32(22,8)25(17-23(30)31)37-19(4)33/h18,21-25H,9-17H2,1-8H3/t18-,21?,22?,23?,24+,25-,29+,30-,31-,32+/m0/s1. The Labute approximate surface area is 228 Å². The van der Waals surface area contributed by atoms with Gasteiger partial charge >= 0.3 is 17.9 Å². The topological polar surface area (TPSA) is 78.9 Å². The predicted octanol–water partition coefficient (Wildman–Crippen LogP) is 6.55. The van der Waals surface area contributed by atoms with E-state index in [1.165, 1.54) is 6.92 Å². The third-order valence-corrected chi connectivity index (χ3v) is 12.6. The molecule has 0 N–H and O–H groups in total. The highest BCUT2D eigenvalue weighted by atomic mass is 16.6. The summed E-state index contributed by atoms with van der Waals surface area (Å²) in [6.45, 7) is 17.0. The highest BCUT2D eigenvalue weighted by molar-refractivity contribution is 5.94. The Morgan fingerprint density at radius 1 is 0.921 bits per heavy atom. The fourth-order valence-electron chi connectivity index (χ4n) is 10.8. The van der Waals surface area contributed by atoms with Gasteiger partial charge in [-0.05, 0) is 92.4 Å². The summed E-state index contributed by atoms with van der Waals surface area (Å²) in [6.07, 6.45) is 7.41. The van der Waals surface area contributed by atoms with Crippen molar-refractivity contribution in [2.75, 3.05) is 0 Å². The fraction of sp³-hybridized carbons (Fsp3) is 0.844. The normalized spacial score (nSPS) is 47.7. The molecule has 38 heavy (non-hydrogen) atoms. The van der Waals surface area contributed by atoms with Crippen LogP contribution in [-0.2, 0) is 28.6 Å². The van der Waals surface area contributed by atoms with Crippen LogP contribution in [0.25, 0.3) is 0 Å². The molecule has 0 aromatic heterocycles. The highest BCUT2D eigenvalue weighted by Crippen LogP contribution is 2.74. The van der Waals surface area contributed by atoms with Crippen molar-refractivity contribution in [3.63, 3.8) is 0 Å². The Kier molecular flexibility index (Phi) is 6.63. The first-order valence-corrected chi connectivity index (χ1v) is 15.1. The number of fused-ring (bicyclic) bond motifs is 6. The lowest BCUT2D eigenvalue weighted by atomic mass is 9.34. The van der Waals surface area contributed by atoms with Gasteiger partial charge in [-0.3, -0.25) is 9.59 Å². The molecule has 3 saturated carbocycles. The zero-order chi connectivity index (χ0) is 27.8. The van der Waals surface area contributed by atoms with Crippen LogP contribution in [0.1, 0.15) is 113 Å². The van der Waals surface area contributed by atoms with Crippen molar-refractivity contribution in [2.45, 2.75) is 131 Å². The molecule has 5 aliphatic rings. The van der Waals surface area contributed by atoms with Crippen LogP contribution >= 0.6 is 0 Å². The van der Waals surface area contributed by atoms with Crippen LogP contribution in [-0.4, -0.2) is 36.2 Å². The first-order chi connectivity index (χ1) is 17.8. The number of hydrogen-bond acceptors (Lipinski definition) is 6. The van der Waals surface area contributed by atoms with E-state index in [1.54, 1.807) is 0 Å². The van der Waals surface area contributed by atoms with Gasteiger partial charge in [0.2, 0.25) is 0 Å². The predicted molar refractivity (Wildman–Crippen MR) is 144 cm³/mol. The zero-order valence-electron chi connectivity index (χ0n) is 24.8. The molecule has 0 radical (unpaired) electrons. The second-order valence-electron chi connectivity index (χ2n) is 14.0. The second-order valence-corrected chi connectivity index (χ2v) is 14.0. The minimum Gasteiger partial charge on any atom is -0.462 e. The minimum atomic E-state index is -0.544. The molecule has 212 valence electrons. The third kappa shape index (κ3) is 3.60. The Balaban J connectivity index is 1.58. The molecule has 0 aromatic carbocycles. The Bertz CT molecular complexity index is 1060. The molecule has 0 amide bonds.